The Hall–Kier alpha value is -2.10. The van der Waals surface area contributed by atoms with Crippen molar-refractivity contribution in [3.05, 3.63) is 48.0 Å². The summed E-state index contributed by atoms with van der Waals surface area (Å²) >= 11 is 0. The molecule has 0 radical (unpaired) electrons. The Kier molecular flexibility index (Phi) is 2.72. The predicted octanol–water partition coefficient (Wildman–Crippen LogP) is 1.66. The van der Waals surface area contributed by atoms with Crippen LogP contribution >= 0.6 is 0 Å². The Bertz CT molecular complexity index is 500. The zero-order valence-corrected chi connectivity index (χ0v) is 9.18. The van der Waals surface area contributed by atoms with Crippen LogP contribution in [-0.4, -0.2) is 22.4 Å². The van der Waals surface area contributed by atoms with E-state index in [1.165, 1.54) is 0 Å². The van der Waals surface area contributed by atoms with Gasteiger partial charge in [-0.3, -0.25) is 4.79 Å². The van der Waals surface area contributed by atoms with Crippen LogP contribution in [0, 0.1) is 0 Å². The van der Waals surface area contributed by atoms with Crippen LogP contribution in [0.2, 0.25) is 0 Å². The van der Waals surface area contributed by atoms with Crippen LogP contribution in [0.1, 0.15) is 16.1 Å². The number of aromatic nitrogens is 2. The van der Waals surface area contributed by atoms with E-state index in [9.17, 15) is 4.79 Å². The maximum Gasteiger partial charge on any atom is 0.212 e. The van der Waals surface area contributed by atoms with Crippen molar-refractivity contribution in [3.8, 4) is 5.75 Å². The van der Waals surface area contributed by atoms with Gasteiger partial charge in [0.15, 0.2) is 0 Å². The maximum absolute atomic E-state index is 11.9. The van der Waals surface area contributed by atoms with Crippen molar-refractivity contribution in [2.75, 3.05) is 7.11 Å². The van der Waals surface area contributed by atoms with Gasteiger partial charge in [0.1, 0.15) is 11.4 Å². The highest BCUT2D eigenvalue weighted by Gasteiger charge is 2.11. The van der Waals surface area contributed by atoms with E-state index < -0.39 is 0 Å². The van der Waals surface area contributed by atoms with Crippen molar-refractivity contribution < 1.29 is 9.53 Å². The van der Waals surface area contributed by atoms with Gasteiger partial charge in [0.2, 0.25) is 5.78 Å². The van der Waals surface area contributed by atoms with Crippen molar-refractivity contribution in [2.45, 2.75) is 0 Å². The smallest absolute Gasteiger partial charge is 0.212 e. The van der Waals surface area contributed by atoms with Gasteiger partial charge in [0.05, 0.1) is 13.4 Å². The van der Waals surface area contributed by atoms with Crippen molar-refractivity contribution in [1.29, 1.82) is 0 Å². The number of aryl methyl sites for hydroxylation is 1. The molecule has 0 saturated carbocycles. The molecular weight excluding hydrogens is 204 g/mol. The van der Waals surface area contributed by atoms with Crippen LogP contribution in [0.5, 0.6) is 5.75 Å². The third kappa shape index (κ3) is 1.95. The fraction of sp³-hybridized carbons (Fsp3) is 0.167. The Balaban J connectivity index is 2.27. The maximum atomic E-state index is 11.9. The Morgan fingerprint density at radius 1 is 1.31 bits per heavy atom. The summed E-state index contributed by atoms with van der Waals surface area (Å²) in [6, 6.07) is 6.98. The number of hydrogen-bond donors (Lipinski definition) is 0. The summed E-state index contributed by atoms with van der Waals surface area (Å²) in [6.45, 7) is 0. The molecule has 0 N–H and O–H groups in total. The number of benzene rings is 1. The molecule has 1 aromatic carbocycles. The van der Waals surface area contributed by atoms with E-state index in [2.05, 4.69) is 4.98 Å². The highest BCUT2D eigenvalue weighted by molar-refractivity contribution is 6.07. The third-order valence-corrected chi connectivity index (χ3v) is 2.29. The molecule has 4 nitrogen and oxygen atoms in total. The summed E-state index contributed by atoms with van der Waals surface area (Å²) in [5.41, 5.74) is 1.06. The van der Waals surface area contributed by atoms with E-state index >= 15 is 0 Å². The number of carbonyl (C=O) groups is 1. The molecule has 0 atom stereocenters. The van der Waals surface area contributed by atoms with Crippen molar-refractivity contribution >= 4 is 5.78 Å². The summed E-state index contributed by atoms with van der Waals surface area (Å²) in [4.78, 5) is 16.0. The standard InChI is InChI=1S/C12H12N2O2/c1-14-7-11(13-8-14)12(15)9-3-5-10(16-2)6-4-9/h3-8H,1-2H3. The number of hydrogen-bond acceptors (Lipinski definition) is 3. The molecule has 0 aliphatic rings. The average molecular weight is 216 g/mol. The first kappa shape index (κ1) is 10.4. The molecule has 0 fully saturated rings. The lowest BCUT2D eigenvalue weighted by Gasteiger charge is -2.00. The fourth-order valence-corrected chi connectivity index (χ4v) is 1.42. The molecule has 0 aliphatic carbocycles. The minimum atomic E-state index is -0.0803. The summed E-state index contributed by atoms with van der Waals surface area (Å²) in [5, 5.41) is 0. The van der Waals surface area contributed by atoms with E-state index in [4.69, 9.17) is 4.74 Å². The molecule has 0 spiro atoms. The first-order chi connectivity index (χ1) is 7.70. The van der Waals surface area contributed by atoms with Gasteiger partial charge in [-0.15, -0.1) is 0 Å². The number of imidazole rings is 1. The number of nitrogens with zero attached hydrogens (tertiary/aromatic N) is 2. The zero-order valence-electron chi connectivity index (χ0n) is 9.18. The Morgan fingerprint density at radius 2 is 2.00 bits per heavy atom. The van der Waals surface area contributed by atoms with Gasteiger partial charge in [-0.1, -0.05) is 0 Å². The first-order valence-electron chi connectivity index (χ1n) is 4.87. The summed E-state index contributed by atoms with van der Waals surface area (Å²) < 4.78 is 6.77. The predicted molar refractivity (Wildman–Crippen MR) is 59.6 cm³/mol. The van der Waals surface area contributed by atoms with Crippen LogP contribution in [0.4, 0.5) is 0 Å². The topological polar surface area (TPSA) is 44.1 Å². The second-order valence-electron chi connectivity index (χ2n) is 3.48. The average Bonchev–Trinajstić information content (AvgIpc) is 2.75. The van der Waals surface area contributed by atoms with Crippen LogP contribution in [0.25, 0.3) is 0 Å². The molecule has 0 saturated heterocycles. The highest BCUT2D eigenvalue weighted by atomic mass is 16.5. The quantitative estimate of drug-likeness (QED) is 0.733. The molecule has 2 aromatic rings. The molecule has 0 amide bonds. The number of carbonyl (C=O) groups excluding carboxylic acids is 1. The lowest BCUT2D eigenvalue weighted by atomic mass is 10.1. The van der Waals surface area contributed by atoms with Gasteiger partial charge in [-0.05, 0) is 24.3 Å². The van der Waals surface area contributed by atoms with Gasteiger partial charge >= 0.3 is 0 Å². The van der Waals surface area contributed by atoms with Crippen molar-refractivity contribution in [2.24, 2.45) is 7.05 Å². The van der Waals surface area contributed by atoms with E-state index in [1.807, 2.05) is 7.05 Å². The lowest BCUT2D eigenvalue weighted by Crippen LogP contribution is -2.01. The Morgan fingerprint density at radius 3 is 2.50 bits per heavy atom. The van der Waals surface area contributed by atoms with Gasteiger partial charge in [-0.2, -0.15) is 0 Å². The molecule has 2 rings (SSSR count). The lowest BCUT2D eigenvalue weighted by molar-refractivity contribution is 0.103. The van der Waals surface area contributed by atoms with E-state index in [-0.39, 0.29) is 5.78 Å². The fourth-order valence-electron chi connectivity index (χ4n) is 1.42. The third-order valence-electron chi connectivity index (χ3n) is 2.29. The molecule has 82 valence electrons. The monoisotopic (exact) mass is 216 g/mol. The summed E-state index contributed by atoms with van der Waals surface area (Å²) in [6.07, 6.45) is 3.31. The summed E-state index contributed by atoms with van der Waals surface area (Å²) in [7, 11) is 3.42. The molecule has 4 heteroatoms. The SMILES string of the molecule is COc1ccc(C(=O)c2cn(C)cn2)cc1. The van der Waals surface area contributed by atoms with Crippen LogP contribution in [0.15, 0.2) is 36.8 Å². The number of ether oxygens (including phenoxy) is 1. The second-order valence-corrected chi connectivity index (χ2v) is 3.48. The molecule has 1 heterocycles. The van der Waals surface area contributed by atoms with Crippen LogP contribution in [0.3, 0.4) is 0 Å². The minimum absolute atomic E-state index is 0.0803. The van der Waals surface area contributed by atoms with Gasteiger partial charge < -0.3 is 9.30 Å². The minimum Gasteiger partial charge on any atom is -0.497 e. The molecule has 1 aromatic heterocycles. The largest absolute Gasteiger partial charge is 0.497 e. The number of methoxy groups -OCH3 is 1. The first-order valence-corrected chi connectivity index (χ1v) is 4.87. The molecular formula is C12H12N2O2. The number of ketones is 1. The highest BCUT2D eigenvalue weighted by Crippen LogP contribution is 2.13. The van der Waals surface area contributed by atoms with Crippen LogP contribution in [-0.2, 0) is 7.05 Å². The normalized spacial score (nSPS) is 10.1. The molecule has 0 bridgehead atoms. The van der Waals surface area contributed by atoms with Gasteiger partial charge in [0, 0.05) is 18.8 Å². The summed E-state index contributed by atoms with van der Waals surface area (Å²) in [5.74, 6) is 0.654. The van der Waals surface area contributed by atoms with Gasteiger partial charge in [0.25, 0.3) is 0 Å². The molecule has 16 heavy (non-hydrogen) atoms. The zero-order chi connectivity index (χ0) is 11.5. The van der Waals surface area contributed by atoms with Crippen molar-refractivity contribution in [1.82, 2.24) is 9.55 Å². The van der Waals surface area contributed by atoms with E-state index in [0.29, 0.717) is 11.3 Å². The number of rotatable bonds is 3. The van der Waals surface area contributed by atoms with Gasteiger partial charge in [-0.25, -0.2) is 4.98 Å². The Labute approximate surface area is 93.5 Å². The second kappa shape index (κ2) is 4.18. The molecule has 0 unspecified atom stereocenters. The van der Waals surface area contributed by atoms with E-state index in [0.717, 1.165) is 5.75 Å². The van der Waals surface area contributed by atoms with E-state index in [1.54, 1.807) is 48.5 Å². The van der Waals surface area contributed by atoms with Crippen molar-refractivity contribution in [3.63, 3.8) is 0 Å². The molecule has 0 aliphatic heterocycles. The van der Waals surface area contributed by atoms with Crippen LogP contribution < -0.4 is 4.74 Å².